The van der Waals surface area contributed by atoms with Gasteiger partial charge in [0.1, 0.15) is 6.04 Å². The molecule has 1 fully saturated rings. The predicted molar refractivity (Wildman–Crippen MR) is 102 cm³/mol. The van der Waals surface area contributed by atoms with Crippen LogP contribution < -0.4 is 5.32 Å². The number of piperazine rings is 1. The van der Waals surface area contributed by atoms with E-state index in [1.807, 2.05) is 30.3 Å². The van der Waals surface area contributed by atoms with Gasteiger partial charge in [0.2, 0.25) is 15.9 Å². The standard InChI is InChI=1S/C19H21ClN2O3S/c20-17-10-8-16(9-11-17)18-19(23)21-12-13-22(18)26(24,25)14-4-7-15-5-2-1-3-6-15/h1-3,5-6,8-11,18H,4,7,12-14H2,(H,21,23). The Balaban J connectivity index is 1.75. The summed E-state index contributed by atoms with van der Waals surface area (Å²) in [5, 5.41) is 3.29. The molecule has 0 bridgehead atoms. The molecule has 2 aromatic rings. The number of nitrogens with one attached hydrogen (secondary N) is 1. The lowest BCUT2D eigenvalue weighted by Crippen LogP contribution is -2.52. The first kappa shape index (κ1) is 18.9. The van der Waals surface area contributed by atoms with Gasteiger partial charge in [-0.05, 0) is 36.1 Å². The van der Waals surface area contributed by atoms with Gasteiger partial charge in [-0.1, -0.05) is 54.1 Å². The first-order chi connectivity index (χ1) is 12.5. The number of halogens is 1. The van der Waals surface area contributed by atoms with Crippen LogP contribution in [0.5, 0.6) is 0 Å². The fourth-order valence-corrected chi connectivity index (χ4v) is 4.91. The maximum absolute atomic E-state index is 12.9. The molecule has 0 radical (unpaired) electrons. The van der Waals surface area contributed by atoms with E-state index in [2.05, 4.69) is 5.32 Å². The van der Waals surface area contributed by atoms with Crippen LogP contribution in [0.2, 0.25) is 5.02 Å². The van der Waals surface area contributed by atoms with Gasteiger partial charge in [0, 0.05) is 18.1 Å². The number of aryl methyl sites for hydroxylation is 1. The highest BCUT2D eigenvalue weighted by Crippen LogP contribution is 2.27. The Labute approximate surface area is 159 Å². The zero-order valence-electron chi connectivity index (χ0n) is 14.3. The van der Waals surface area contributed by atoms with Crippen LogP contribution in [0, 0.1) is 0 Å². The van der Waals surface area contributed by atoms with Crippen LogP contribution in [0.1, 0.15) is 23.6 Å². The zero-order chi connectivity index (χ0) is 18.6. The monoisotopic (exact) mass is 392 g/mol. The normalized spacial score (nSPS) is 18.5. The molecule has 0 aliphatic carbocycles. The maximum Gasteiger partial charge on any atom is 0.243 e. The second kappa shape index (κ2) is 8.20. The highest BCUT2D eigenvalue weighted by molar-refractivity contribution is 7.89. The summed E-state index contributed by atoms with van der Waals surface area (Å²) in [6.07, 6.45) is 1.20. The van der Waals surface area contributed by atoms with Gasteiger partial charge in [-0.25, -0.2) is 8.42 Å². The topological polar surface area (TPSA) is 66.5 Å². The SMILES string of the molecule is O=C1NCCN(S(=O)(=O)CCCc2ccccc2)C1c1ccc(Cl)cc1. The summed E-state index contributed by atoms with van der Waals surface area (Å²) in [6, 6.07) is 15.7. The van der Waals surface area contributed by atoms with Gasteiger partial charge in [0.05, 0.1) is 5.75 Å². The first-order valence-electron chi connectivity index (χ1n) is 8.54. The Bertz CT molecular complexity index is 854. The minimum atomic E-state index is -3.55. The van der Waals surface area contributed by atoms with Crippen LogP contribution in [-0.2, 0) is 21.2 Å². The van der Waals surface area contributed by atoms with Crippen molar-refractivity contribution in [3.05, 3.63) is 70.7 Å². The number of carbonyl (C=O) groups excluding carboxylic acids is 1. The van der Waals surface area contributed by atoms with Gasteiger partial charge in [0.25, 0.3) is 0 Å². The molecular formula is C19H21ClN2O3S. The third-order valence-corrected chi connectivity index (χ3v) is 6.59. The number of amides is 1. The van der Waals surface area contributed by atoms with Crippen molar-refractivity contribution in [3.63, 3.8) is 0 Å². The highest BCUT2D eigenvalue weighted by Gasteiger charge is 2.38. The Morgan fingerprint density at radius 1 is 1.08 bits per heavy atom. The minimum absolute atomic E-state index is 0.0132. The molecule has 5 nitrogen and oxygen atoms in total. The van der Waals surface area contributed by atoms with Crippen LogP contribution in [-0.4, -0.2) is 37.5 Å². The Morgan fingerprint density at radius 2 is 1.77 bits per heavy atom. The quantitative estimate of drug-likeness (QED) is 0.822. The van der Waals surface area contributed by atoms with Gasteiger partial charge in [-0.3, -0.25) is 4.79 Å². The molecule has 1 unspecified atom stereocenters. The van der Waals surface area contributed by atoms with Crippen molar-refractivity contribution < 1.29 is 13.2 Å². The summed E-state index contributed by atoms with van der Waals surface area (Å²) in [4.78, 5) is 12.4. The zero-order valence-corrected chi connectivity index (χ0v) is 15.8. The summed E-state index contributed by atoms with van der Waals surface area (Å²) >= 11 is 5.91. The predicted octanol–water partition coefficient (Wildman–Crippen LogP) is 2.78. The summed E-state index contributed by atoms with van der Waals surface area (Å²) in [6.45, 7) is 0.591. The number of benzene rings is 2. The average Bonchev–Trinajstić information content (AvgIpc) is 2.63. The molecule has 0 saturated carbocycles. The van der Waals surface area contributed by atoms with E-state index in [0.29, 0.717) is 30.0 Å². The van der Waals surface area contributed by atoms with Crippen LogP contribution >= 0.6 is 11.6 Å². The lowest BCUT2D eigenvalue weighted by molar-refractivity contribution is -0.126. The molecule has 3 rings (SSSR count). The third kappa shape index (κ3) is 4.44. The number of hydrogen-bond acceptors (Lipinski definition) is 3. The summed E-state index contributed by atoms with van der Waals surface area (Å²) in [7, 11) is -3.55. The largest absolute Gasteiger partial charge is 0.353 e. The molecule has 1 N–H and O–H groups in total. The average molecular weight is 393 g/mol. The van der Waals surface area contributed by atoms with E-state index < -0.39 is 16.1 Å². The summed E-state index contributed by atoms with van der Waals surface area (Å²) < 4.78 is 27.1. The molecular weight excluding hydrogens is 372 g/mol. The number of rotatable bonds is 6. The molecule has 1 heterocycles. The molecule has 2 aromatic carbocycles. The van der Waals surface area contributed by atoms with Crippen molar-refractivity contribution in [2.45, 2.75) is 18.9 Å². The van der Waals surface area contributed by atoms with Gasteiger partial charge in [-0.2, -0.15) is 4.31 Å². The van der Waals surface area contributed by atoms with Gasteiger partial charge >= 0.3 is 0 Å². The van der Waals surface area contributed by atoms with Gasteiger partial charge in [-0.15, -0.1) is 0 Å². The molecule has 1 aliphatic heterocycles. The number of nitrogens with zero attached hydrogens (tertiary/aromatic N) is 1. The lowest BCUT2D eigenvalue weighted by Gasteiger charge is -2.34. The second-order valence-electron chi connectivity index (χ2n) is 6.26. The van der Waals surface area contributed by atoms with Crippen LogP contribution in [0.3, 0.4) is 0 Å². The second-order valence-corrected chi connectivity index (χ2v) is 8.74. The maximum atomic E-state index is 12.9. The number of hydrogen-bond donors (Lipinski definition) is 1. The molecule has 1 atom stereocenters. The third-order valence-electron chi connectivity index (χ3n) is 4.42. The molecule has 138 valence electrons. The molecule has 0 spiro atoms. The molecule has 1 saturated heterocycles. The van der Waals surface area contributed by atoms with Gasteiger partial charge < -0.3 is 5.32 Å². The lowest BCUT2D eigenvalue weighted by atomic mass is 10.1. The first-order valence-corrected chi connectivity index (χ1v) is 10.5. The smallest absolute Gasteiger partial charge is 0.243 e. The van der Waals surface area contributed by atoms with Crippen molar-refractivity contribution in [2.24, 2.45) is 0 Å². The van der Waals surface area contributed by atoms with Crippen molar-refractivity contribution in [1.82, 2.24) is 9.62 Å². The molecule has 1 amide bonds. The fraction of sp³-hybridized carbons (Fsp3) is 0.316. The fourth-order valence-electron chi connectivity index (χ4n) is 3.13. The molecule has 1 aliphatic rings. The van der Waals surface area contributed by atoms with Gasteiger partial charge in [0.15, 0.2) is 0 Å². The highest BCUT2D eigenvalue weighted by atomic mass is 35.5. The Morgan fingerprint density at radius 3 is 2.46 bits per heavy atom. The summed E-state index contributed by atoms with van der Waals surface area (Å²) in [5.74, 6) is -0.288. The van der Waals surface area contributed by atoms with Crippen LogP contribution in [0.25, 0.3) is 0 Å². The molecule has 26 heavy (non-hydrogen) atoms. The van der Waals surface area contributed by atoms with E-state index in [1.54, 1.807) is 24.3 Å². The van der Waals surface area contributed by atoms with Crippen LogP contribution in [0.4, 0.5) is 0 Å². The van der Waals surface area contributed by atoms with Crippen LogP contribution in [0.15, 0.2) is 54.6 Å². The van der Waals surface area contributed by atoms with Crippen molar-refractivity contribution in [3.8, 4) is 0 Å². The van der Waals surface area contributed by atoms with E-state index in [1.165, 1.54) is 4.31 Å². The van der Waals surface area contributed by atoms with E-state index >= 15 is 0 Å². The van der Waals surface area contributed by atoms with E-state index in [-0.39, 0.29) is 18.2 Å². The van der Waals surface area contributed by atoms with E-state index in [9.17, 15) is 13.2 Å². The molecule has 0 aromatic heterocycles. The van der Waals surface area contributed by atoms with E-state index in [4.69, 9.17) is 11.6 Å². The van der Waals surface area contributed by atoms with Crippen molar-refractivity contribution in [2.75, 3.05) is 18.8 Å². The van der Waals surface area contributed by atoms with Crippen molar-refractivity contribution in [1.29, 1.82) is 0 Å². The Hall–Kier alpha value is -1.89. The molecule has 7 heteroatoms. The minimum Gasteiger partial charge on any atom is -0.353 e. The van der Waals surface area contributed by atoms with Crippen molar-refractivity contribution >= 4 is 27.5 Å². The Kier molecular flexibility index (Phi) is 5.96. The summed E-state index contributed by atoms with van der Waals surface area (Å²) in [5.41, 5.74) is 1.73. The van der Waals surface area contributed by atoms with E-state index in [0.717, 1.165) is 5.56 Å². The number of carbonyl (C=O) groups is 1. The number of sulfonamides is 1.